The standard InChI is InChI=1S/C10H23BN2O2.CO2/c12-9-5-4-8(7-9)10(13)3-1-2-6-11(14)15;2-1-3/h8-10,14-15H,1-7,12-13H2;/t8?,9-,10+;/m0./s1. The largest absolute Gasteiger partial charge is 0.451 e. The first-order chi connectivity index (χ1) is 8.51. The molecule has 0 aromatic carbocycles. The molecular formula is C11H23BN2O4. The predicted molar refractivity (Wildman–Crippen MR) is 67.1 cm³/mol. The van der Waals surface area contributed by atoms with Crippen LogP contribution in [0.25, 0.3) is 0 Å². The Kier molecular flexibility index (Phi) is 9.82. The smallest absolute Gasteiger partial charge is 0.427 e. The van der Waals surface area contributed by atoms with Crippen molar-refractivity contribution in [2.45, 2.75) is 56.9 Å². The Morgan fingerprint density at radius 3 is 2.33 bits per heavy atom. The van der Waals surface area contributed by atoms with Crippen LogP contribution in [0.2, 0.25) is 6.32 Å². The summed E-state index contributed by atoms with van der Waals surface area (Å²) in [5.41, 5.74) is 11.9. The van der Waals surface area contributed by atoms with Crippen LogP contribution in [0, 0.1) is 5.92 Å². The summed E-state index contributed by atoms with van der Waals surface area (Å²) in [6.07, 6.45) is 6.82. The molecule has 18 heavy (non-hydrogen) atoms. The first-order valence-electron chi connectivity index (χ1n) is 6.37. The Labute approximate surface area is 108 Å². The van der Waals surface area contributed by atoms with Crippen molar-refractivity contribution in [1.82, 2.24) is 0 Å². The normalized spacial score (nSPS) is 23.8. The van der Waals surface area contributed by atoms with Crippen LogP contribution in [-0.4, -0.2) is 35.4 Å². The van der Waals surface area contributed by atoms with E-state index in [1.54, 1.807) is 0 Å². The van der Waals surface area contributed by atoms with E-state index in [0.717, 1.165) is 38.5 Å². The van der Waals surface area contributed by atoms with Gasteiger partial charge in [-0.1, -0.05) is 12.8 Å². The molecule has 6 nitrogen and oxygen atoms in total. The molecule has 0 aliphatic heterocycles. The average molecular weight is 258 g/mol. The van der Waals surface area contributed by atoms with Crippen LogP contribution in [0.3, 0.4) is 0 Å². The molecule has 104 valence electrons. The van der Waals surface area contributed by atoms with Gasteiger partial charge < -0.3 is 21.5 Å². The van der Waals surface area contributed by atoms with Crippen molar-refractivity contribution in [2.75, 3.05) is 0 Å². The second-order valence-electron chi connectivity index (χ2n) is 4.85. The van der Waals surface area contributed by atoms with E-state index in [0.29, 0.717) is 18.3 Å². The minimum atomic E-state index is -1.17. The van der Waals surface area contributed by atoms with Crippen molar-refractivity contribution in [3.8, 4) is 0 Å². The Morgan fingerprint density at radius 1 is 1.28 bits per heavy atom. The van der Waals surface area contributed by atoms with Gasteiger partial charge in [0.05, 0.1) is 0 Å². The molecular weight excluding hydrogens is 235 g/mol. The van der Waals surface area contributed by atoms with Gasteiger partial charge in [-0.25, -0.2) is 0 Å². The Bertz CT molecular complexity index is 247. The average Bonchev–Trinajstić information content (AvgIpc) is 2.72. The Balaban J connectivity index is 0.000000873. The van der Waals surface area contributed by atoms with E-state index in [4.69, 9.17) is 31.1 Å². The van der Waals surface area contributed by atoms with Gasteiger partial charge in [0.2, 0.25) is 0 Å². The summed E-state index contributed by atoms with van der Waals surface area (Å²) in [5, 5.41) is 17.3. The molecule has 1 rings (SSSR count). The summed E-state index contributed by atoms with van der Waals surface area (Å²) in [7, 11) is -1.17. The highest BCUT2D eigenvalue weighted by molar-refractivity contribution is 6.40. The van der Waals surface area contributed by atoms with Crippen LogP contribution in [0.15, 0.2) is 0 Å². The molecule has 0 heterocycles. The monoisotopic (exact) mass is 258 g/mol. The molecule has 0 amide bonds. The summed E-state index contributed by atoms with van der Waals surface area (Å²) in [5.74, 6) is 0.582. The van der Waals surface area contributed by atoms with Gasteiger partial charge in [-0.3, -0.25) is 0 Å². The van der Waals surface area contributed by atoms with Crippen molar-refractivity contribution in [3.63, 3.8) is 0 Å². The third kappa shape index (κ3) is 8.39. The van der Waals surface area contributed by atoms with Crippen LogP contribution in [0.5, 0.6) is 0 Å². The fraction of sp³-hybridized carbons (Fsp3) is 0.909. The summed E-state index contributed by atoms with van der Waals surface area (Å²) in [6.45, 7) is 0. The van der Waals surface area contributed by atoms with Gasteiger partial charge in [-0.05, 0) is 37.9 Å². The Morgan fingerprint density at radius 2 is 1.89 bits per heavy atom. The molecule has 0 aromatic rings. The maximum absolute atomic E-state index is 8.67. The molecule has 0 radical (unpaired) electrons. The molecule has 1 saturated carbocycles. The lowest BCUT2D eigenvalue weighted by molar-refractivity contribution is -0.191. The van der Waals surface area contributed by atoms with Crippen LogP contribution in [0.4, 0.5) is 0 Å². The van der Waals surface area contributed by atoms with E-state index in [1.165, 1.54) is 0 Å². The van der Waals surface area contributed by atoms with E-state index in [1.807, 2.05) is 0 Å². The molecule has 0 spiro atoms. The van der Waals surface area contributed by atoms with Crippen LogP contribution < -0.4 is 11.5 Å². The number of unbranched alkanes of at least 4 members (excludes halogenated alkanes) is 1. The van der Waals surface area contributed by atoms with Crippen LogP contribution >= 0.6 is 0 Å². The first-order valence-corrected chi connectivity index (χ1v) is 6.37. The van der Waals surface area contributed by atoms with Gasteiger partial charge in [0.1, 0.15) is 0 Å². The topological polar surface area (TPSA) is 127 Å². The zero-order valence-electron chi connectivity index (χ0n) is 10.6. The molecule has 1 aliphatic rings. The van der Waals surface area contributed by atoms with Crippen molar-refractivity contribution in [1.29, 1.82) is 0 Å². The van der Waals surface area contributed by atoms with E-state index >= 15 is 0 Å². The van der Waals surface area contributed by atoms with Gasteiger partial charge in [-0.15, -0.1) is 0 Å². The first kappa shape index (κ1) is 17.3. The second-order valence-corrected chi connectivity index (χ2v) is 4.85. The minimum absolute atomic E-state index is 0.245. The van der Waals surface area contributed by atoms with Crippen molar-refractivity contribution in [2.24, 2.45) is 17.4 Å². The quantitative estimate of drug-likeness (QED) is 0.376. The summed E-state index contributed by atoms with van der Waals surface area (Å²) in [4.78, 5) is 16.2. The highest BCUT2D eigenvalue weighted by Gasteiger charge is 2.26. The molecule has 1 aliphatic carbocycles. The lowest BCUT2D eigenvalue weighted by atomic mass is 9.82. The molecule has 0 saturated heterocycles. The third-order valence-corrected chi connectivity index (χ3v) is 3.37. The lowest BCUT2D eigenvalue weighted by Gasteiger charge is -2.18. The maximum Gasteiger partial charge on any atom is 0.451 e. The van der Waals surface area contributed by atoms with Crippen LogP contribution in [-0.2, 0) is 9.59 Å². The highest BCUT2D eigenvalue weighted by Crippen LogP contribution is 2.28. The number of hydrogen-bond donors (Lipinski definition) is 4. The second kappa shape index (κ2) is 10.2. The van der Waals surface area contributed by atoms with Crippen molar-refractivity contribution >= 4 is 13.3 Å². The van der Waals surface area contributed by atoms with E-state index in [2.05, 4.69) is 0 Å². The van der Waals surface area contributed by atoms with E-state index < -0.39 is 7.12 Å². The lowest BCUT2D eigenvalue weighted by Crippen LogP contribution is -2.29. The fourth-order valence-corrected chi connectivity index (χ4v) is 2.38. The SMILES string of the molecule is N[C@H]1CCC([C@H](N)CCCCB(O)O)C1.O=C=O. The van der Waals surface area contributed by atoms with E-state index in [-0.39, 0.29) is 12.2 Å². The summed E-state index contributed by atoms with van der Waals surface area (Å²) < 4.78 is 0. The third-order valence-electron chi connectivity index (χ3n) is 3.37. The predicted octanol–water partition coefficient (Wildman–Crippen LogP) is -0.499. The summed E-state index contributed by atoms with van der Waals surface area (Å²) in [6, 6.07) is 0.592. The van der Waals surface area contributed by atoms with Crippen molar-refractivity contribution < 1.29 is 19.6 Å². The zero-order chi connectivity index (χ0) is 14.0. The zero-order valence-corrected chi connectivity index (χ0v) is 10.6. The van der Waals surface area contributed by atoms with E-state index in [9.17, 15) is 0 Å². The number of rotatable bonds is 6. The molecule has 0 aromatic heterocycles. The molecule has 6 N–H and O–H groups in total. The van der Waals surface area contributed by atoms with Gasteiger partial charge in [0.25, 0.3) is 0 Å². The number of nitrogens with two attached hydrogens (primary N) is 2. The minimum Gasteiger partial charge on any atom is -0.427 e. The number of hydrogen-bond acceptors (Lipinski definition) is 6. The van der Waals surface area contributed by atoms with Gasteiger partial charge in [-0.2, -0.15) is 9.59 Å². The van der Waals surface area contributed by atoms with Crippen LogP contribution in [0.1, 0.15) is 38.5 Å². The summed E-state index contributed by atoms with van der Waals surface area (Å²) >= 11 is 0. The van der Waals surface area contributed by atoms with Crippen molar-refractivity contribution in [3.05, 3.63) is 0 Å². The number of carbonyl (C=O) groups excluding carboxylic acids is 2. The molecule has 1 unspecified atom stereocenters. The van der Waals surface area contributed by atoms with Gasteiger partial charge in [0, 0.05) is 12.1 Å². The molecule has 0 bridgehead atoms. The van der Waals surface area contributed by atoms with Gasteiger partial charge >= 0.3 is 13.3 Å². The molecule has 3 atom stereocenters. The Hall–Kier alpha value is -0.715. The maximum atomic E-state index is 8.67. The van der Waals surface area contributed by atoms with Gasteiger partial charge in [0.15, 0.2) is 0 Å². The molecule has 1 fully saturated rings. The molecule has 7 heteroatoms. The highest BCUT2D eigenvalue weighted by atomic mass is 16.4. The fourth-order valence-electron chi connectivity index (χ4n) is 2.38.